The zero-order valence-corrected chi connectivity index (χ0v) is 18.3. The van der Waals surface area contributed by atoms with Crippen LogP contribution < -0.4 is 14.4 Å². The Balaban J connectivity index is 1.45. The molecule has 0 amide bonds. The Kier molecular flexibility index (Phi) is 5.89. The van der Waals surface area contributed by atoms with E-state index in [9.17, 15) is 8.42 Å². The van der Waals surface area contributed by atoms with Gasteiger partial charge in [-0.3, -0.25) is 0 Å². The van der Waals surface area contributed by atoms with Gasteiger partial charge in [0.05, 0.1) is 24.0 Å². The predicted molar refractivity (Wildman–Crippen MR) is 116 cm³/mol. The fraction of sp³-hybridized carbons (Fsp3) is 0.300. The minimum atomic E-state index is -3.63. The summed E-state index contributed by atoms with van der Waals surface area (Å²) in [4.78, 5) is 3.31. The molecule has 1 fully saturated rings. The van der Waals surface area contributed by atoms with Gasteiger partial charge in [0.25, 0.3) is 0 Å². The van der Waals surface area contributed by atoms with Crippen LogP contribution in [0.5, 0.6) is 11.5 Å². The van der Waals surface area contributed by atoms with E-state index in [-0.39, 0.29) is 4.90 Å². The average molecular weight is 447 g/mol. The smallest absolute Gasteiger partial charge is 0.243 e. The maximum atomic E-state index is 13.1. The molecule has 0 aliphatic carbocycles. The van der Waals surface area contributed by atoms with E-state index < -0.39 is 10.0 Å². The Bertz CT molecular complexity index is 1090. The van der Waals surface area contributed by atoms with Crippen LogP contribution in [0.15, 0.2) is 52.7 Å². The van der Waals surface area contributed by atoms with Crippen LogP contribution in [0.25, 0.3) is 10.6 Å². The van der Waals surface area contributed by atoms with Crippen LogP contribution in [0, 0.1) is 0 Å². The lowest BCUT2D eigenvalue weighted by atomic mass is 10.3. The molecule has 8 nitrogen and oxygen atoms in total. The first-order chi connectivity index (χ1) is 14.5. The highest BCUT2D eigenvalue weighted by Gasteiger charge is 2.29. The average Bonchev–Trinajstić information content (AvgIpc) is 3.34. The highest BCUT2D eigenvalue weighted by atomic mass is 32.2. The van der Waals surface area contributed by atoms with E-state index in [0.717, 1.165) is 16.4 Å². The first-order valence-electron chi connectivity index (χ1n) is 9.37. The van der Waals surface area contributed by atoms with Crippen molar-refractivity contribution in [3.05, 3.63) is 47.8 Å². The third-order valence-corrected chi connectivity index (χ3v) is 7.77. The molecule has 0 atom stereocenters. The van der Waals surface area contributed by atoms with Gasteiger partial charge in [-0.1, -0.05) is 6.07 Å². The highest BCUT2D eigenvalue weighted by molar-refractivity contribution is 7.89. The van der Waals surface area contributed by atoms with Gasteiger partial charge in [0.2, 0.25) is 10.0 Å². The van der Waals surface area contributed by atoms with Crippen molar-refractivity contribution in [1.82, 2.24) is 14.5 Å². The molecule has 3 aromatic rings. The molecule has 1 saturated heterocycles. The fourth-order valence-corrected chi connectivity index (χ4v) is 5.46. The number of aromatic nitrogens is 2. The number of nitrogens with zero attached hydrogens (tertiary/aromatic N) is 4. The lowest BCUT2D eigenvalue weighted by Crippen LogP contribution is -2.49. The van der Waals surface area contributed by atoms with Crippen molar-refractivity contribution in [1.29, 1.82) is 0 Å². The standard InChI is InChI=1S/C20H22N4O4S2/c1-27-17-7-5-15(14-18(17)28-2)30(25,26)24-11-9-23(10-12-24)20-8-6-16(21-22-20)19-4-3-13-29-19/h3-8,13-14H,9-12H2,1-2H3. The van der Waals surface area contributed by atoms with Crippen molar-refractivity contribution in [3.8, 4) is 22.1 Å². The lowest BCUT2D eigenvalue weighted by Gasteiger charge is -2.34. The minimum absolute atomic E-state index is 0.189. The largest absolute Gasteiger partial charge is 0.493 e. The number of rotatable bonds is 6. The molecule has 10 heteroatoms. The van der Waals surface area contributed by atoms with E-state index in [4.69, 9.17) is 9.47 Å². The van der Waals surface area contributed by atoms with Gasteiger partial charge in [0.15, 0.2) is 17.3 Å². The normalized spacial score (nSPS) is 15.2. The number of piperazine rings is 1. The van der Waals surface area contributed by atoms with Gasteiger partial charge in [-0.25, -0.2) is 8.42 Å². The molecular weight excluding hydrogens is 424 g/mol. The fourth-order valence-electron chi connectivity index (χ4n) is 3.33. The molecule has 1 aliphatic rings. The van der Waals surface area contributed by atoms with Crippen LogP contribution in [0.2, 0.25) is 0 Å². The van der Waals surface area contributed by atoms with Gasteiger partial charge >= 0.3 is 0 Å². The Morgan fingerprint density at radius 1 is 0.933 bits per heavy atom. The molecule has 0 N–H and O–H groups in total. The summed E-state index contributed by atoms with van der Waals surface area (Å²) in [5.74, 6) is 1.63. The van der Waals surface area contributed by atoms with Gasteiger partial charge in [-0.2, -0.15) is 4.31 Å². The van der Waals surface area contributed by atoms with Crippen molar-refractivity contribution in [2.24, 2.45) is 0 Å². The summed E-state index contributed by atoms with van der Waals surface area (Å²) in [7, 11) is -0.626. The molecule has 1 aromatic carbocycles. The summed E-state index contributed by atoms with van der Waals surface area (Å²) >= 11 is 1.62. The number of benzene rings is 1. The van der Waals surface area contributed by atoms with Gasteiger partial charge < -0.3 is 14.4 Å². The lowest BCUT2D eigenvalue weighted by molar-refractivity contribution is 0.353. The summed E-state index contributed by atoms with van der Waals surface area (Å²) in [5.41, 5.74) is 0.836. The second-order valence-corrected chi connectivity index (χ2v) is 9.55. The highest BCUT2D eigenvalue weighted by Crippen LogP contribution is 2.31. The predicted octanol–water partition coefficient (Wildman–Crippen LogP) is 2.73. The first kappa shape index (κ1) is 20.6. The molecule has 158 valence electrons. The topological polar surface area (TPSA) is 84.9 Å². The number of methoxy groups -OCH3 is 2. The number of hydrogen-bond donors (Lipinski definition) is 0. The maximum absolute atomic E-state index is 13.1. The summed E-state index contributed by atoms with van der Waals surface area (Å²) in [5, 5.41) is 10.6. The summed E-state index contributed by atoms with van der Waals surface area (Å²) in [6, 6.07) is 12.5. The van der Waals surface area contributed by atoms with Gasteiger partial charge in [-0.15, -0.1) is 21.5 Å². The van der Waals surface area contributed by atoms with Crippen LogP contribution in [0.3, 0.4) is 0 Å². The minimum Gasteiger partial charge on any atom is -0.493 e. The maximum Gasteiger partial charge on any atom is 0.243 e. The molecular formula is C20H22N4O4S2. The zero-order chi connectivity index (χ0) is 21.1. The quantitative estimate of drug-likeness (QED) is 0.576. The molecule has 2 aromatic heterocycles. The number of thiophene rings is 1. The van der Waals surface area contributed by atoms with Crippen molar-refractivity contribution < 1.29 is 17.9 Å². The van der Waals surface area contributed by atoms with Crippen molar-refractivity contribution in [3.63, 3.8) is 0 Å². The van der Waals surface area contributed by atoms with Gasteiger partial charge in [-0.05, 0) is 35.7 Å². The third-order valence-electron chi connectivity index (χ3n) is 4.98. The van der Waals surface area contributed by atoms with Crippen molar-refractivity contribution in [2.75, 3.05) is 45.3 Å². The Labute approximate surface area is 179 Å². The summed E-state index contributed by atoms with van der Waals surface area (Å²) in [6.07, 6.45) is 0. The van der Waals surface area contributed by atoms with E-state index in [1.165, 1.54) is 30.7 Å². The van der Waals surface area contributed by atoms with Crippen LogP contribution in [0.1, 0.15) is 0 Å². The van der Waals surface area contributed by atoms with Gasteiger partial charge in [0.1, 0.15) is 5.69 Å². The molecule has 0 spiro atoms. The van der Waals surface area contributed by atoms with Crippen LogP contribution in [0.4, 0.5) is 5.82 Å². The molecule has 1 aliphatic heterocycles. The molecule has 0 radical (unpaired) electrons. The van der Waals surface area contributed by atoms with Crippen molar-refractivity contribution in [2.45, 2.75) is 4.90 Å². The second kappa shape index (κ2) is 8.58. The summed E-state index contributed by atoms with van der Waals surface area (Å²) < 4.78 is 38.0. The Morgan fingerprint density at radius 2 is 1.70 bits per heavy atom. The summed E-state index contributed by atoms with van der Waals surface area (Å²) in [6.45, 7) is 1.81. The third kappa shape index (κ3) is 3.98. The second-order valence-electron chi connectivity index (χ2n) is 6.66. The Morgan fingerprint density at radius 3 is 2.30 bits per heavy atom. The van der Waals surface area contributed by atoms with E-state index in [1.54, 1.807) is 17.4 Å². The molecule has 0 bridgehead atoms. The first-order valence-corrected chi connectivity index (χ1v) is 11.7. The van der Waals surface area contributed by atoms with Gasteiger partial charge in [0, 0.05) is 32.2 Å². The van der Waals surface area contributed by atoms with Crippen LogP contribution >= 0.6 is 11.3 Å². The molecule has 0 saturated carbocycles. The van der Waals surface area contributed by atoms with Crippen LogP contribution in [-0.4, -0.2) is 63.3 Å². The number of sulfonamides is 1. The van der Waals surface area contributed by atoms with E-state index in [1.807, 2.05) is 34.5 Å². The SMILES string of the molecule is COc1ccc(S(=O)(=O)N2CCN(c3ccc(-c4cccs4)nn3)CC2)cc1OC. The Hall–Kier alpha value is -2.69. The molecule has 3 heterocycles. The number of ether oxygens (including phenoxy) is 2. The molecule has 30 heavy (non-hydrogen) atoms. The zero-order valence-electron chi connectivity index (χ0n) is 16.7. The van der Waals surface area contributed by atoms with Crippen molar-refractivity contribution >= 4 is 27.2 Å². The number of anilines is 1. The monoisotopic (exact) mass is 446 g/mol. The van der Waals surface area contributed by atoms with E-state index in [2.05, 4.69) is 10.2 Å². The molecule has 4 rings (SSSR count). The van der Waals surface area contributed by atoms with Crippen LogP contribution in [-0.2, 0) is 10.0 Å². The van der Waals surface area contributed by atoms with E-state index >= 15 is 0 Å². The van der Waals surface area contributed by atoms with E-state index in [0.29, 0.717) is 37.7 Å². The molecule has 0 unspecified atom stereocenters. The number of hydrogen-bond acceptors (Lipinski definition) is 8.